The quantitative estimate of drug-likeness (QED) is 0.577. The molecule has 0 spiro atoms. The Bertz CT molecular complexity index is 845. The highest BCUT2D eigenvalue weighted by Crippen LogP contribution is 2.22. The number of rotatable bonds is 5. The molecule has 1 fully saturated rings. The van der Waals surface area contributed by atoms with E-state index in [2.05, 4.69) is 10.00 Å². The molecular formula is C18H22ClN5O3. The maximum Gasteiger partial charge on any atom is 0.309 e. The molecule has 2 heterocycles. The number of benzene rings is 1. The van der Waals surface area contributed by atoms with Gasteiger partial charge in [0, 0.05) is 37.7 Å². The summed E-state index contributed by atoms with van der Waals surface area (Å²) in [5.41, 5.74) is 1.47. The first kappa shape index (κ1) is 19.3. The van der Waals surface area contributed by atoms with E-state index in [1.54, 1.807) is 18.7 Å². The van der Waals surface area contributed by atoms with Gasteiger partial charge in [-0.05, 0) is 31.5 Å². The van der Waals surface area contributed by atoms with Gasteiger partial charge < -0.3 is 4.90 Å². The summed E-state index contributed by atoms with van der Waals surface area (Å²) < 4.78 is 1.43. The van der Waals surface area contributed by atoms with E-state index in [1.165, 1.54) is 10.9 Å². The van der Waals surface area contributed by atoms with E-state index in [-0.39, 0.29) is 11.6 Å². The second kappa shape index (κ2) is 8.06. The van der Waals surface area contributed by atoms with Crippen molar-refractivity contribution in [2.75, 3.05) is 26.2 Å². The predicted octanol–water partition coefficient (Wildman–Crippen LogP) is 2.66. The molecule has 0 N–H and O–H groups in total. The smallest absolute Gasteiger partial charge is 0.309 e. The second-order valence-electron chi connectivity index (χ2n) is 6.72. The lowest BCUT2D eigenvalue weighted by molar-refractivity contribution is -0.385. The minimum atomic E-state index is -0.571. The minimum Gasteiger partial charge on any atom is -0.338 e. The van der Waals surface area contributed by atoms with Gasteiger partial charge in [0.1, 0.15) is 17.9 Å². The van der Waals surface area contributed by atoms with Gasteiger partial charge in [0.25, 0.3) is 0 Å². The fraction of sp³-hybridized carbons (Fsp3) is 0.444. The van der Waals surface area contributed by atoms with E-state index in [0.717, 1.165) is 30.2 Å². The van der Waals surface area contributed by atoms with Crippen molar-refractivity contribution < 1.29 is 9.72 Å². The van der Waals surface area contributed by atoms with Gasteiger partial charge in [0.2, 0.25) is 5.91 Å². The fourth-order valence-electron chi connectivity index (χ4n) is 3.37. The molecule has 2 aromatic rings. The number of carbonyl (C=O) groups excluding carboxylic acids is 1. The summed E-state index contributed by atoms with van der Waals surface area (Å²) >= 11 is 6.03. The molecule has 1 aromatic heterocycles. The Morgan fingerprint density at radius 2 is 2.04 bits per heavy atom. The highest BCUT2D eigenvalue weighted by molar-refractivity contribution is 6.30. The lowest BCUT2D eigenvalue weighted by Gasteiger charge is -2.36. The van der Waals surface area contributed by atoms with Gasteiger partial charge in [-0.15, -0.1) is 0 Å². The van der Waals surface area contributed by atoms with Crippen LogP contribution in [0.1, 0.15) is 24.2 Å². The molecule has 8 nitrogen and oxygen atoms in total. The maximum absolute atomic E-state index is 12.8. The summed E-state index contributed by atoms with van der Waals surface area (Å²) in [6.45, 7) is 6.90. The Kier molecular flexibility index (Phi) is 5.76. The number of aromatic nitrogens is 2. The number of piperazine rings is 1. The van der Waals surface area contributed by atoms with Gasteiger partial charge in [-0.2, -0.15) is 5.10 Å². The first-order valence-electron chi connectivity index (χ1n) is 8.81. The third-order valence-electron chi connectivity index (χ3n) is 4.92. The third kappa shape index (κ3) is 4.28. The van der Waals surface area contributed by atoms with Crippen LogP contribution in [0.15, 0.2) is 30.5 Å². The Morgan fingerprint density at radius 1 is 1.33 bits per heavy atom. The van der Waals surface area contributed by atoms with Gasteiger partial charge in [0.15, 0.2) is 0 Å². The Labute approximate surface area is 162 Å². The maximum atomic E-state index is 12.8. The summed E-state index contributed by atoms with van der Waals surface area (Å²) in [6, 6.07) is 7.21. The van der Waals surface area contributed by atoms with Crippen LogP contribution >= 0.6 is 11.6 Å². The van der Waals surface area contributed by atoms with Crippen LogP contribution in [-0.4, -0.2) is 56.6 Å². The zero-order chi connectivity index (χ0) is 19.6. The first-order valence-corrected chi connectivity index (χ1v) is 9.18. The highest BCUT2D eigenvalue weighted by Gasteiger charge is 2.29. The van der Waals surface area contributed by atoms with Gasteiger partial charge >= 0.3 is 5.69 Å². The average molecular weight is 392 g/mol. The Hall–Kier alpha value is -2.45. The summed E-state index contributed by atoms with van der Waals surface area (Å²) in [6.07, 6.45) is 1.20. The molecule has 1 aliphatic rings. The van der Waals surface area contributed by atoms with E-state index < -0.39 is 11.0 Å². The van der Waals surface area contributed by atoms with E-state index in [4.69, 9.17) is 11.6 Å². The largest absolute Gasteiger partial charge is 0.338 e. The molecule has 1 saturated heterocycles. The van der Waals surface area contributed by atoms with Crippen LogP contribution in [0.4, 0.5) is 5.69 Å². The van der Waals surface area contributed by atoms with E-state index in [1.807, 2.05) is 24.3 Å². The average Bonchev–Trinajstić information content (AvgIpc) is 3.03. The standard InChI is InChI=1S/C18H22ClN5O3/c1-13-17(24(26)27)11-20-23(13)14(2)18(25)22-8-6-21(7-9-22)12-15-4-3-5-16(19)10-15/h3-5,10-11,14H,6-9,12H2,1-2H3. The molecule has 27 heavy (non-hydrogen) atoms. The molecule has 1 unspecified atom stereocenters. The molecule has 1 atom stereocenters. The molecule has 1 aromatic carbocycles. The van der Waals surface area contributed by atoms with Crippen molar-refractivity contribution in [2.45, 2.75) is 26.4 Å². The van der Waals surface area contributed by atoms with Crippen LogP contribution < -0.4 is 0 Å². The van der Waals surface area contributed by atoms with Gasteiger partial charge in [-0.1, -0.05) is 23.7 Å². The van der Waals surface area contributed by atoms with E-state index in [0.29, 0.717) is 18.8 Å². The topological polar surface area (TPSA) is 84.5 Å². The normalized spacial score (nSPS) is 16.3. The monoisotopic (exact) mass is 391 g/mol. The molecule has 1 aliphatic heterocycles. The zero-order valence-corrected chi connectivity index (χ0v) is 16.1. The number of halogens is 1. The number of nitro groups is 1. The SMILES string of the molecule is Cc1c([N+](=O)[O-])cnn1C(C)C(=O)N1CCN(Cc2cccc(Cl)c2)CC1. The summed E-state index contributed by atoms with van der Waals surface area (Å²) in [4.78, 5) is 27.4. The highest BCUT2D eigenvalue weighted by atomic mass is 35.5. The number of amides is 1. The molecule has 144 valence electrons. The number of carbonyl (C=O) groups is 1. The lowest BCUT2D eigenvalue weighted by Crippen LogP contribution is -2.50. The van der Waals surface area contributed by atoms with Crippen molar-refractivity contribution in [2.24, 2.45) is 0 Å². The number of nitrogens with zero attached hydrogens (tertiary/aromatic N) is 5. The van der Waals surface area contributed by atoms with Crippen LogP contribution in [-0.2, 0) is 11.3 Å². The second-order valence-corrected chi connectivity index (χ2v) is 7.16. The van der Waals surface area contributed by atoms with Crippen LogP contribution in [0.3, 0.4) is 0 Å². The van der Waals surface area contributed by atoms with Crippen molar-refractivity contribution in [1.29, 1.82) is 0 Å². The zero-order valence-electron chi connectivity index (χ0n) is 15.3. The van der Waals surface area contributed by atoms with Crippen LogP contribution in [0.2, 0.25) is 5.02 Å². The van der Waals surface area contributed by atoms with Crippen molar-refractivity contribution in [3.05, 3.63) is 56.9 Å². The van der Waals surface area contributed by atoms with Crippen molar-refractivity contribution in [3.63, 3.8) is 0 Å². The molecule has 3 rings (SSSR count). The molecule has 1 amide bonds. The molecular weight excluding hydrogens is 370 g/mol. The summed E-state index contributed by atoms with van der Waals surface area (Å²) in [5, 5.41) is 15.7. The molecule has 0 bridgehead atoms. The van der Waals surface area contributed by atoms with Crippen LogP contribution in [0.5, 0.6) is 0 Å². The molecule has 0 radical (unpaired) electrons. The van der Waals surface area contributed by atoms with Crippen LogP contribution in [0.25, 0.3) is 0 Å². The van der Waals surface area contributed by atoms with Gasteiger partial charge in [-0.25, -0.2) is 0 Å². The van der Waals surface area contributed by atoms with Gasteiger partial charge in [0.05, 0.1) is 4.92 Å². The molecule has 0 aliphatic carbocycles. The molecule has 9 heteroatoms. The Morgan fingerprint density at radius 3 is 2.63 bits per heavy atom. The number of hydrogen-bond acceptors (Lipinski definition) is 5. The van der Waals surface area contributed by atoms with Crippen molar-refractivity contribution >= 4 is 23.2 Å². The summed E-state index contributed by atoms with van der Waals surface area (Å²) in [7, 11) is 0. The fourth-order valence-corrected chi connectivity index (χ4v) is 3.59. The van der Waals surface area contributed by atoms with Crippen molar-refractivity contribution in [1.82, 2.24) is 19.6 Å². The van der Waals surface area contributed by atoms with Gasteiger partial charge in [-0.3, -0.25) is 24.5 Å². The third-order valence-corrected chi connectivity index (χ3v) is 5.15. The molecule has 0 saturated carbocycles. The lowest BCUT2D eigenvalue weighted by atomic mass is 10.2. The van der Waals surface area contributed by atoms with E-state index in [9.17, 15) is 14.9 Å². The van der Waals surface area contributed by atoms with Crippen LogP contribution in [0, 0.1) is 17.0 Å². The van der Waals surface area contributed by atoms with E-state index >= 15 is 0 Å². The number of hydrogen-bond donors (Lipinski definition) is 0. The van der Waals surface area contributed by atoms with Crippen molar-refractivity contribution in [3.8, 4) is 0 Å². The minimum absolute atomic E-state index is 0.0685. The predicted molar refractivity (Wildman–Crippen MR) is 102 cm³/mol. The Balaban J connectivity index is 1.59. The first-order chi connectivity index (χ1) is 12.9. The summed E-state index contributed by atoms with van der Waals surface area (Å²) in [5.74, 6) is -0.0708.